The Morgan fingerprint density at radius 2 is 2.05 bits per heavy atom. The zero-order chi connectivity index (χ0) is 15.4. The van der Waals surface area contributed by atoms with Gasteiger partial charge in [-0.1, -0.05) is 35.9 Å². The third-order valence-corrected chi connectivity index (χ3v) is 4.95. The lowest BCUT2D eigenvalue weighted by molar-refractivity contribution is 0.0766. The highest BCUT2D eigenvalue weighted by molar-refractivity contribution is 7.12. The number of nitrogens with zero attached hydrogens (tertiary/aromatic N) is 2. The van der Waals surface area contributed by atoms with Crippen LogP contribution in [0.15, 0.2) is 41.8 Å². The van der Waals surface area contributed by atoms with Gasteiger partial charge >= 0.3 is 0 Å². The highest BCUT2D eigenvalue weighted by Gasteiger charge is 2.20. The number of rotatable bonds is 3. The summed E-state index contributed by atoms with van der Waals surface area (Å²) in [6.07, 6.45) is 1.04. The third-order valence-electron chi connectivity index (χ3n) is 4.10. The standard InChI is InChI=1S/C18H22N2OS/c1-15-5-2-6-16(13-15)14-19-8-4-9-20(11-10-19)18(21)17-7-3-12-22-17/h2-3,5-7,12-13H,4,8-11,14H2,1H3. The van der Waals surface area contributed by atoms with E-state index in [1.165, 1.54) is 22.5 Å². The molecule has 0 aliphatic carbocycles. The fourth-order valence-electron chi connectivity index (χ4n) is 2.96. The molecule has 0 N–H and O–H groups in total. The van der Waals surface area contributed by atoms with Crippen LogP contribution < -0.4 is 0 Å². The Labute approximate surface area is 136 Å². The number of aryl methyl sites for hydroxylation is 1. The monoisotopic (exact) mass is 314 g/mol. The van der Waals surface area contributed by atoms with Crippen molar-refractivity contribution in [2.24, 2.45) is 0 Å². The zero-order valence-corrected chi connectivity index (χ0v) is 13.8. The lowest BCUT2D eigenvalue weighted by Crippen LogP contribution is -2.34. The second-order valence-electron chi connectivity index (χ2n) is 5.89. The van der Waals surface area contributed by atoms with Crippen LogP contribution in [0.2, 0.25) is 0 Å². The summed E-state index contributed by atoms with van der Waals surface area (Å²) in [5.74, 6) is 0.187. The summed E-state index contributed by atoms with van der Waals surface area (Å²) in [5, 5.41) is 1.97. The first-order valence-electron chi connectivity index (χ1n) is 7.83. The van der Waals surface area contributed by atoms with E-state index >= 15 is 0 Å². The first-order valence-corrected chi connectivity index (χ1v) is 8.71. The van der Waals surface area contributed by atoms with E-state index in [-0.39, 0.29) is 5.91 Å². The van der Waals surface area contributed by atoms with Crippen molar-refractivity contribution in [2.75, 3.05) is 26.2 Å². The Kier molecular flexibility index (Phi) is 4.90. The minimum Gasteiger partial charge on any atom is -0.337 e. The van der Waals surface area contributed by atoms with Gasteiger partial charge in [-0.05, 0) is 30.4 Å². The van der Waals surface area contributed by atoms with E-state index in [1.54, 1.807) is 0 Å². The van der Waals surface area contributed by atoms with Crippen molar-refractivity contribution in [3.05, 3.63) is 57.8 Å². The smallest absolute Gasteiger partial charge is 0.263 e. The Bertz CT molecular complexity index is 624. The number of carbonyl (C=O) groups is 1. The van der Waals surface area contributed by atoms with Crippen LogP contribution in [0.1, 0.15) is 27.2 Å². The molecular formula is C18H22N2OS. The molecule has 0 unspecified atom stereocenters. The van der Waals surface area contributed by atoms with Crippen LogP contribution in [0.5, 0.6) is 0 Å². The molecule has 0 bridgehead atoms. The van der Waals surface area contributed by atoms with Crippen molar-refractivity contribution < 1.29 is 4.79 Å². The van der Waals surface area contributed by atoms with Gasteiger partial charge in [0.1, 0.15) is 0 Å². The molecule has 1 saturated heterocycles. The first kappa shape index (κ1) is 15.3. The van der Waals surface area contributed by atoms with E-state index in [9.17, 15) is 4.79 Å². The molecule has 22 heavy (non-hydrogen) atoms. The predicted octanol–water partition coefficient (Wildman–Crippen LogP) is 3.40. The minimum atomic E-state index is 0.187. The van der Waals surface area contributed by atoms with Gasteiger partial charge in [-0.25, -0.2) is 0 Å². The van der Waals surface area contributed by atoms with Crippen LogP contribution >= 0.6 is 11.3 Å². The largest absolute Gasteiger partial charge is 0.337 e. The normalized spacial score (nSPS) is 16.5. The van der Waals surface area contributed by atoms with Crippen LogP contribution in [0.4, 0.5) is 0 Å². The van der Waals surface area contributed by atoms with Crippen molar-refractivity contribution in [1.82, 2.24) is 9.80 Å². The van der Waals surface area contributed by atoms with Gasteiger partial charge in [-0.3, -0.25) is 9.69 Å². The number of hydrogen-bond acceptors (Lipinski definition) is 3. The van der Waals surface area contributed by atoms with Gasteiger partial charge in [-0.15, -0.1) is 11.3 Å². The van der Waals surface area contributed by atoms with Gasteiger partial charge in [0.2, 0.25) is 0 Å². The molecule has 1 amide bonds. The van der Waals surface area contributed by atoms with Crippen LogP contribution in [0.25, 0.3) is 0 Å². The highest BCUT2D eigenvalue weighted by atomic mass is 32.1. The Hall–Kier alpha value is -1.65. The number of hydrogen-bond donors (Lipinski definition) is 0. The zero-order valence-electron chi connectivity index (χ0n) is 13.0. The van der Waals surface area contributed by atoms with Crippen molar-refractivity contribution in [1.29, 1.82) is 0 Å². The SMILES string of the molecule is Cc1cccc(CN2CCCN(C(=O)c3cccs3)CC2)c1. The maximum atomic E-state index is 12.4. The van der Waals surface area contributed by atoms with Crippen LogP contribution in [-0.2, 0) is 6.54 Å². The summed E-state index contributed by atoms with van der Waals surface area (Å²) >= 11 is 1.53. The van der Waals surface area contributed by atoms with E-state index in [1.807, 2.05) is 22.4 Å². The maximum Gasteiger partial charge on any atom is 0.263 e. The molecule has 116 valence electrons. The molecule has 0 saturated carbocycles. The van der Waals surface area contributed by atoms with E-state index in [2.05, 4.69) is 36.1 Å². The molecule has 4 heteroatoms. The molecule has 1 aromatic heterocycles. The summed E-state index contributed by atoms with van der Waals surface area (Å²) in [7, 11) is 0. The molecule has 0 radical (unpaired) electrons. The molecule has 0 spiro atoms. The number of thiophene rings is 1. The Balaban J connectivity index is 1.59. The quantitative estimate of drug-likeness (QED) is 0.867. The van der Waals surface area contributed by atoms with E-state index in [0.29, 0.717) is 0 Å². The maximum absolute atomic E-state index is 12.4. The average molecular weight is 314 g/mol. The van der Waals surface area contributed by atoms with Gasteiger partial charge in [0.15, 0.2) is 0 Å². The van der Waals surface area contributed by atoms with Crippen molar-refractivity contribution >= 4 is 17.2 Å². The molecule has 1 aromatic carbocycles. The van der Waals surface area contributed by atoms with E-state index in [0.717, 1.165) is 44.0 Å². The summed E-state index contributed by atoms with van der Waals surface area (Å²) in [6, 6.07) is 12.6. The van der Waals surface area contributed by atoms with Crippen LogP contribution in [0, 0.1) is 6.92 Å². The van der Waals surface area contributed by atoms with Gasteiger partial charge < -0.3 is 4.90 Å². The second-order valence-corrected chi connectivity index (χ2v) is 6.84. The number of carbonyl (C=O) groups excluding carboxylic acids is 1. The molecule has 1 fully saturated rings. The predicted molar refractivity (Wildman–Crippen MR) is 91.3 cm³/mol. The van der Waals surface area contributed by atoms with Crippen molar-refractivity contribution in [3.8, 4) is 0 Å². The molecule has 3 rings (SSSR count). The molecule has 3 nitrogen and oxygen atoms in total. The number of amides is 1. The van der Waals surface area contributed by atoms with Gasteiger partial charge in [0.05, 0.1) is 4.88 Å². The molecule has 1 aliphatic heterocycles. The first-order chi connectivity index (χ1) is 10.7. The van der Waals surface area contributed by atoms with E-state index < -0.39 is 0 Å². The third kappa shape index (κ3) is 3.76. The van der Waals surface area contributed by atoms with Crippen LogP contribution in [0.3, 0.4) is 0 Å². The second kappa shape index (κ2) is 7.07. The van der Waals surface area contributed by atoms with Gasteiger partial charge in [0, 0.05) is 32.7 Å². The lowest BCUT2D eigenvalue weighted by atomic mass is 10.1. The summed E-state index contributed by atoms with van der Waals surface area (Å²) in [6.45, 7) is 6.80. The fraction of sp³-hybridized carbons (Fsp3) is 0.389. The minimum absolute atomic E-state index is 0.187. The lowest BCUT2D eigenvalue weighted by Gasteiger charge is -2.21. The van der Waals surface area contributed by atoms with Gasteiger partial charge in [-0.2, -0.15) is 0 Å². The Morgan fingerprint density at radius 3 is 2.82 bits per heavy atom. The van der Waals surface area contributed by atoms with Crippen molar-refractivity contribution in [3.63, 3.8) is 0 Å². The molecule has 1 aliphatic rings. The molecular weight excluding hydrogens is 292 g/mol. The van der Waals surface area contributed by atoms with E-state index in [4.69, 9.17) is 0 Å². The topological polar surface area (TPSA) is 23.6 Å². The van der Waals surface area contributed by atoms with Crippen LogP contribution in [-0.4, -0.2) is 41.9 Å². The van der Waals surface area contributed by atoms with Gasteiger partial charge in [0.25, 0.3) is 5.91 Å². The fourth-order valence-corrected chi connectivity index (χ4v) is 3.65. The van der Waals surface area contributed by atoms with Crippen molar-refractivity contribution in [2.45, 2.75) is 19.9 Å². The Morgan fingerprint density at radius 1 is 1.14 bits per heavy atom. The number of benzene rings is 1. The summed E-state index contributed by atoms with van der Waals surface area (Å²) in [4.78, 5) is 17.8. The summed E-state index contributed by atoms with van der Waals surface area (Å²) in [5.41, 5.74) is 2.67. The highest BCUT2D eigenvalue weighted by Crippen LogP contribution is 2.15. The molecule has 2 heterocycles. The summed E-state index contributed by atoms with van der Waals surface area (Å²) < 4.78 is 0. The average Bonchev–Trinajstić information content (AvgIpc) is 2.94. The molecule has 0 atom stereocenters. The molecule has 2 aromatic rings.